The third-order valence-corrected chi connectivity index (χ3v) is 1.97. The molecule has 0 atom stereocenters. The molecule has 72 valence electrons. The fraction of sp³-hybridized carbons (Fsp3) is 0.333. The Hall–Kier alpha value is -0.670. The van der Waals surface area contributed by atoms with Crippen LogP contribution in [0.3, 0.4) is 0 Å². The van der Waals surface area contributed by atoms with Gasteiger partial charge in [-0.15, -0.1) is 0 Å². The van der Waals surface area contributed by atoms with E-state index in [-0.39, 0.29) is 10.6 Å². The predicted octanol–water partition coefficient (Wildman–Crippen LogP) is 2.85. The predicted molar refractivity (Wildman–Crippen MR) is 46.6 cm³/mol. The van der Waals surface area contributed by atoms with Gasteiger partial charge in [-0.1, -0.05) is 11.6 Å². The van der Waals surface area contributed by atoms with Gasteiger partial charge in [0.15, 0.2) is 11.6 Å². The number of halogens is 3. The second-order valence-corrected chi connectivity index (χ2v) is 3.68. The molecule has 0 heterocycles. The van der Waals surface area contributed by atoms with Crippen LogP contribution >= 0.6 is 11.6 Å². The lowest BCUT2D eigenvalue weighted by molar-refractivity contribution is 0.0738. The Morgan fingerprint density at radius 3 is 2.23 bits per heavy atom. The highest BCUT2D eigenvalue weighted by atomic mass is 35.5. The molecular formula is C9H9ClF2O. The van der Waals surface area contributed by atoms with E-state index < -0.39 is 17.2 Å². The minimum absolute atomic E-state index is 0.0198. The zero-order valence-electron chi connectivity index (χ0n) is 7.24. The van der Waals surface area contributed by atoms with E-state index >= 15 is 0 Å². The smallest absolute Gasteiger partial charge is 0.166 e. The van der Waals surface area contributed by atoms with Crippen LogP contribution in [0.4, 0.5) is 8.78 Å². The van der Waals surface area contributed by atoms with Crippen LogP contribution < -0.4 is 0 Å². The van der Waals surface area contributed by atoms with Gasteiger partial charge in [0.1, 0.15) is 0 Å². The van der Waals surface area contributed by atoms with E-state index in [1.807, 2.05) is 0 Å². The van der Waals surface area contributed by atoms with Crippen molar-refractivity contribution in [2.24, 2.45) is 0 Å². The molecule has 0 aliphatic heterocycles. The van der Waals surface area contributed by atoms with Crippen molar-refractivity contribution in [1.29, 1.82) is 0 Å². The van der Waals surface area contributed by atoms with Crippen LogP contribution in [-0.2, 0) is 5.60 Å². The number of hydrogen-bond donors (Lipinski definition) is 1. The lowest BCUT2D eigenvalue weighted by Gasteiger charge is -2.19. The zero-order valence-corrected chi connectivity index (χ0v) is 7.99. The molecule has 0 bridgehead atoms. The molecule has 1 N–H and O–H groups in total. The summed E-state index contributed by atoms with van der Waals surface area (Å²) in [7, 11) is 0. The van der Waals surface area contributed by atoms with Crippen LogP contribution in [-0.4, -0.2) is 5.11 Å². The van der Waals surface area contributed by atoms with Crippen LogP contribution in [0.1, 0.15) is 19.4 Å². The highest BCUT2D eigenvalue weighted by Crippen LogP contribution is 2.31. The molecule has 0 amide bonds. The standard InChI is InChI=1S/C9H9ClF2O/c1-9(2,13)7-5(10)3-4-6(11)8(7)12/h3-4,13H,1-2H3. The average molecular weight is 207 g/mol. The molecule has 0 fully saturated rings. The molecule has 0 unspecified atom stereocenters. The van der Waals surface area contributed by atoms with Crippen molar-refractivity contribution in [3.05, 3.63) is 34.4 Å². The fourth-order valence-electron chi connectivity index (χ4n) is 1.09. The quantitative estimate of drug-likeness (QED) is 0.701. The van der Waals surface area contributed by atoms with Gasteiger partial charge in [-0.25, -0.2) is 8.78 Å². The first-order valence-corrected chi connectivity index (χ1v) is 4.08. The van der Waals surface area contributed by atoms with Gasteiger partial charge in [-0.3, -0.25) is 0 Å². The van der Waals surface area contributed by atoms with Gasteiger partial charge < -0.3 is 5.11 Å². The van der Waals surface area contributed by atoms with Crippen molar-refractivity contribution in [2.45, 2.75) is 19.4 Å². The van der Waals surface area contributed by atoms with E-state index in [1.165, 1.54) is 19.9 Å². The van der Waals surface area contributed by atoms with Gasteiger partial charge in [-0.05, 0) is 26.0 Å². The van der Waals surface area contributed by atoms with Crippen molar-refractivity contribution >= 4 is 11.6 Å². The van der Waals surface area contributed by atoms with Gasteiger partial charge >= 0.3 is 0 Å². The first kappa shape index (κ1) is 10.4. The zero-order chi connectivity index (χ0) is 10.2. The lowest BCUT2D eigenvalue weighted by atomic mass is 9.97. The SMILES string of the molecule is CC(C)(O)c1c(Cl)ccc(F)c1F. The molecule has 0 spiro atoms. The van der Waals surface area contributed by atoms with E-state index in [1.54, 1.807) is 0 Å². The summed E-state index contributed by atoms with van der Waals surface area (Å²) in [4.78, 5) is 0. The molecule has 1 rings (SSSR count). The highest BCUT2D eigenvalue weighted by molar-refractivity contribution is 6.31. The molecule has 0 aromatic heterocycles. The molecule has 1 nitrogen and oxygen atoms in total. The van der Waals surface area contributed by atoms with Gasteiger partial charge in [0.2, 0.25) is 0 Å². The molecule has 0 saturated carbocycles. The van der Waals surface area contributed by atoms with Crippen LogP contribution in [0.15, 0.2) is 12.1 Å². The van der Waals surface area contributed by atoms with Crippen molar-refractivity contribution in [3.63, 3.8) is 0 Å². The number of aliphatic hydroxyl groups is 1. The Balaban J connectivity index is 3.43. The van der Waals surface area contributed by atoms with Gasteiger partial charge in [0, 0.05) is 10.6 Å². The molecular weight excluding hydrogens is 198 g/mol. The summed E-state index contributed by atoms with van der Waals surface area (Å²) in [5.74, 6) is -2.11. The Labute approximate surface area is 80.0 Å². The molecule has 0 radical (unpaired) electrons. The average Bonchev–Trinajstić information content (AvgIpc) is 1.95. The topological polar surface area (TPSA) is 20.2 Å². The monoisotopic (exact) mass is 206 g/mol. The number of benzene rings is 1. The summed E-state index contributed by atoms with van der Waals surface area (Å²) in [6, 6.07) is 2.14. The van der Waals surface area contributed by atoms with Crippen LogP contribution in [0.25, 0.3) is 0 Å². The molecule has 1 aromatic carbocycles. The summed E-state index contributed by atoms with van der Waals surface area (Å²) >= 11 is 5.62. The molecule has 4 heteroatoms. The van der Waals surface area contributed by atoms with E-state index in [0.717, 1.165) is 6.07 Å². The van der Waals surface area contributed by atoms with Crippen molar-refractivity contribution in [1.82, 2.24) is 0 Å². The highest BCUT2D eigenvalue weighted by Gasteiger charge is 2.25. The normalized spacial score (nSPS) is 11.8. The molecule has 13 heavy (non-hydrogen) atoms. The number of hydrogen-bond acceptors (Lipinski definition) is 1. The van der Waals surface area contributed by atoms with Crippen molar-refractivity contribution in [2.75, 3.05) is 0 Å². The molecule has 0 saturated heterocycles. The minimum Gasteiger partial charge on any atom is -0.386 e. The van der Waals surface area contributed by atoms with E-state index in [0.29, 0.717) is 0 Å². The van der Waals surface area contributed by atoms with Crippen LogP contribution in [0.5, 0.6) is 0 Å². The summed E-state index contributed by atoms with van der Waals surface area (Å²) in [6.45, 7) is 2.69. The third-order valence-electron chi connectivity index (χ3n) is 1.66. The first-order valence-electron chi connectivity index (χ1n) is 3.70. The second-order valence-electron chi connectivity index (χ2n) is 3.28. The van der Waals surface area contributed by atoms with E-state index in [9.17, 15) is 13.9 Å². The maximum atomic E-state index is 13.1. The Morgan fingerprint density at radius 2 is 1.85 bits per heavy atom. The van der Waals surface area contributed by atoms with Gasteiger partial charge in [0.25, 0.3) is 0 Å². The van der Waals surface area contributed by atoms with Gasteiger partial charge in [0.05, 0.1) is 5.60 Å². The van der Waals surface area contributed by atoms with Crippen LogP contribution in [0, 0.1) is 11.6 Å². The first-order chi connectivity index (χ1) is 5.84. The Bertz CT molecular complexity index is 331. The van der Waals surface area contributed by atoms with E-state index in [4.69, 9.17) is 11.6 Å². The van der Waals surface area contributed by atoms with Crippen molar-refractivity contribution in [3.8, 4) is 0 Å². The van der Waals surface area contributed by atoms with Crippen molar-refractivity contribution < 1.29 is 13.9 Å². The maximum absolute atomic E-state index is 13.1. The van der Waals surface area contributed by atoms with E-state index in [2.05, 4.69) is 0 Å². The molecule has 0 aliphatic carbocycles. The Kier molecular flexibility index (Phi) is 2.59. The minimum atomic E-state index is -1.48. The maximum Gasteiger partial charge on any atom is 0.166 e. The summed E-state index contributed by atoms with van der Waals surface area (Å²) in [5, 5.41) is 9.50. The third kappa shape index (κ3) is 1.98. The second kappa shape index (κ2) is 3.24. The summed E-state index contributed by atoms with van der Waals surface area (Å²) in [5.41, 5.74) is -1.70. The van der Waals surface area contributed by atoms with Crippen LogP contribution in [0.2, 0.25) is 5.02 Å². The summed E-state index contributed by atoms with van der Waals surface area (Å²) in [6.07, 6.45) is 0. The fourth-order valence-corrected chi connectivity index (χ4v) is 1.47. The molecule has 1 aromatic rings. The van der Waals surface area contributed by atoms with Gasteiger partial charge in [-0.2, -0.15) is 0 Å². The Morgan fingerprint density at radius 1 is 1.31 bits per heavy atom. The molecule has 0 aliphatic rings. The largest absolute Gasteiger partial charge is 0.386 e. The number of rotatable bonds is 1. The summed E-state index contributed by atoms with van der Waals surface area (Å²) < 4.78 is 25.9. The lowest BCUT2D eigenvalue weighted by Crippen LogP contribution is -2.19.